The molecular weight excluding hydrogens is 218 g/mol. The van der Waals surface area contributed by atoms with E-state index in [4.69, 9.17) is 11.6 Å². The zero-order valence-corrected chi connectivity index (χ0v) is 9.81. The van der Waals surface area contributed by atoms with Gasteiger partial charge in [-0.25, -0.2) is 0 Å². The Morgan fingerprint density at radius 1 is 1.43 bits per heavy atom. The Hall–Kier alpha value is -0.220. The average molecular weight is 232 g/mol. The fourth-order valence-electron chi connectivity index (χ4n) is 1.85. The standard InChI is InChI=1S/C9H14ClN3S/c1-2-8-11-12-9(10)13(8)7-3-5-14-6-4-7/h7H,2-6H2,1H3. The molecule has 1 aromatic rings. The second-order valence-electron chi connectivity index (χ2n) is 3.45. The first-order valence-corrected chi connectivity index (χ1v) is 6.53. The Morgan fingerprint density at radius 2 is 2.14 bits per heavy atom. The number of halogens is 1. The molecule has 0 radical (unpaired) electrons. The fraction of sp³-hybridized carbons (Fsp3) is 0.778. The molecule has 1 aromatic heterocycles. The van der Waals surface area contributed by atoms with E-state index in [0.717, 1.165) is 12.2 Å². The highest BCUT2D eigenvalue weighted by molar-refractivity contribution is 7.99. The van der Waals surface area contributed by atoms with Gasteiger partial charge in [0.05, 0.1) is 0 Å². The van der Waals surface area contributed by atoms with Crippen LogP contribution in [0.4, 0.5) is 0 Å². The molecule has 0 saturated carbocycles. The van der Waals surface area contributed by atoms with Crippen LogP contribution in [0.15, 0.2) is 0 Å². The number of nitrogens with zero attached hydrogens (tertiary/aromatic N) is 3. The van der Waals surface area contributed by atoms with Crippen molar-refractivity contribution < 1.29 is 0 Å². The van der Waals surface area contributed by atoms with Crippen molar-refractivity contribution in [3.63, 3.8) is 0 Å². The molecule has 0 amide bonds. The van der Waals surface area contributed by atoms with Crippen molar-refractivity contribution in [1.82, 2.24) is 14.8 Å². The molecule has 1 aliphatic heterocycles. The van der Waals surface area contributed by atoms with Gasteiger partial charge in [-0.15, -0.1) is 10.2 Å². The molecule has 0 unspecified atom stereocenters. The SMILES string of the molecule is CCc1nnc(Cl)n1C1CCSCC1. The highest BCUT2D eigenvalue weighted by Crippen LogP contribution is 2.30. The van der Waals surface area contributed by atoms with Crippen LogP contribution in [-0.2, 0) is 6.42 Å². The maximum atomic E-state index is 6.04. The summed E-state index contributed by atoms with van der Waals surface area (Å²) in [6, 6.07) is 0.522. The normalized spacial score (nSPS) is 18.7. The molecule has 0 bridgehead atoms. The molecule has 1 saturated heterocycles. The van der Waals surface area contributed by atoms with E-state index < -0.39 is 0 Å². The topological polar surface area (TPSA) is 30.7 Å². The Bertz CT molecular complexity index is 307. The van der Waals surface area contributed by atoms with E-state index in [0.29, 0.717) is 11.3 Å². The lowest BCUT2D eigenvalue weighted by Gasteiger charge is -2.24. The number of hydrogen-bond acceptors (Lipinski definition) is 3. The minimum absolute atomic E-state index is 0.522. The summed E-state index contributed by atoms with van der Waals surface area (Å²) in [4.78, 5) is 0. The highest BCUT2D eigenvalue weighted by atomic mass is 35.5. The summed E-state index contributed by atoms with van der Waals surface area (Å²) < 4.78 is 2.11. The minimum atomic E-state index is 0.522. The van der Waals surface area contributed by atoms with E-state index in [1.807, 2.05) is 11.8 Å². The zero-order valence-electron chi connectivity index (χ0n) is 8.24. The lowest BCUT2D eigenvalue weighted by atomic mass is 10.1. The molecule has 1 fully saturated rings. The molecule has 0 spiro atoms. The third kappa shape index (κ3) is 1.91. The monoisotopic (exact) mass is 231 g/mol. The van der Waals surface area contributed by atoms with Gasteiger partial charge in [-0.05, 0) is 35.9 Å². The van der Waals surface area contributed by atoms with Gasteiger partial charge in [-0.1, -0.05) is 6.92 Å². The van der Waals surface area contributed by atoms with E-state index >= 15 is 0 Å². The molecule has 1 aliphatic rings. The first-order chi connectivity index (χ1) is 6.83. The quantitative estimate of drug-likeness (QED) is 0.784. The van der Waals surface area contributed by atoms with Crippen LogP contribution >= 0.6 is 23.4 Å². The van der Waals surface area contributed by atoms with Gasteiger partial charge in [0.2, 0.25) is 5.28 Å². The zero-order chi connectivity index (χ0) is 9.97. The molecule has 78 valence electrons. The molecule has 2 rings (SSSR count). The van der Waals surface area contributed by atoms with E-state index in [1.165, 1.54) is 24.3 Å². The second kappa shape index (κ2) is 4.53. The van der Waals surface area contributed by atoms with Gasteiger partial charge in [0.25, 0.3) is 0 Å². The van der Waals surface area contributed by atoms with E-state index in [1.54, 1.807) is 0 Å². The summed E-state index contributed by atoms with van der Waals surface area (Å²) in [7, 11) is 0. The maximum absolute atomic E-state index is 6.04. The van der Waals surface area contributed by atoms with E-state index in [2.05, 4.69) is 21.7 Å². The van der Waals surface area contributed by atoms with Crippen LogP contribution < -0.4 is 0 Å². The van der Waals surface area contributed by atoms with Gasteiger partial charge in [0.15, 0.2) is 0 Å². The highest BCUT2D eigenvalue weighted by Gasteiger charge is 2.20. The molecule has 0 aliphatic carbocycles. The van der Waals surface area contributed by atoms with Crippen LogP contribution in [0.2, 0.25) is 5.28 Å². The summed E-state index contributed by atoms with van der Waals surface area (Å²) in [5, 5.41) is 8.57. The van der Waals surface area contributed by atoms with Crippen molar-refractivity contribution in [3.05, 3.63) is 11.1 Å². The number of aromatic nitrogens is 3. The molecule has 0 atom stereocenters. The molecule has 0 aromatic carbocycles. The summed E-state index contributed by atoms with van der Waals surface area (Å²) in [6.45, 7) is 2.09. The lowest BCUT2D eigenvalue weighted by Crippen LogP contribution is -2.17. The lowest BCUT2D eigenvalue weighted by molar-refractivity contribution is 0.454. The van der Waals surface area contributed by atoms with Crippen molar-refractivity contribution in [1.29, 1.82) is 0 Å². The largest absolute Gasteiger partial charge is 0.299 e. The van der Waals surface area contributed by atoms with Crippen LogP contribution in [0.25, 0.3) is 0 Å². The maximum Gasteiger partial charge on any atom is 0.225 e. The Morgan fingerprint density at radius 3 is 2.79 bits per heavy atom. The number of thioether (sulfide) groups is 1. The molecular formula is C9H14ClN3S. The van der Waals surface area contributed by atoms with Crippen LogP contribution in [0.5, 0.6) is 0 Å². The number of hydrogen-bond donors (Lipinski definition) is 0. The number of rotatable bonds is 2. The second-order valence-corrected chi connectivity index (χ2v) is 5.02. The smallest absolute Gasteiger partial charge is 0.225 e. The first kappa shape index (κ1) is 10.3. The molecule has 0 N–H and O–H groups in total. The van der Waals surface area contributed by atoms with Gasteiger partial charge in [-0.3, -0.25) is 4.57 Å². The summed E-state index contributed by atoms with van der Waals surface area (Å²) in [5.74, 6) is 3.47. The average Bonchev–Trinajstić information content (AvgIpc) is 2.61. The summed E-state index contributed by atoms with van der Waals surface area (Å²) in [6.07, 6.45) is 3.29. The molecule has 5 heteroatoms. The van der Waals surface area contributed by atoms with Crippen molar-refractivity contribution in [2.75, 3.05) is 11.5 Å². The van der Waals surface area contributed by atoms with Crippen molar-refractivity contribution in [2.45, 2.75) is 32.2 Å². The number of aryl methyl sites for hydroxylation is 1. The van der Waals surface area contributed by atoms with Crippen LogP contribution in [0.1, 0.15) is 31.6 Å². The predicted molar refractivity (Wildman–Crippen MR) is 60.0 cm³/mol. The van der Waals surface area contributed by atoms with Crippen LogP contribution in [-0.4, -0.2) is 26.3 Å². The third-order valence-electron chi connectivity index (χ3n) is 2.60. The Labute approximate surface area is 93.2 Å². The Kier molecular flexibility index (Phi) is 3.34. The van der Waals surface area contributed by atoms with Crippen molar-refractivity contribution >= 4 is 23.4 Å². The van der Waals surface area contributed by atoms with Gasteiger partial charge in [0.1, 0.15) is 5.82 Å². The van der Waals surface area contributed by atoms with Gasteiger partial charge < -0.3 is 0 Å². The molecule has 3 nitrogen and oxygen atoms in total. The predicted octanol–water partition coefficient (Wildman–Crippen LogP) is 2.56. The van der Waals surface area contributed by atoms with Gasteiger partial charge in [0, 0.05) is 12.5 Å². The first-order valence-electron chi connectivity index (χ1n) is 5.00. The summed E-state index contributed by atoms with van der Waals surface area (Å²) in [5.41, 5.74) is 0. The fourth-order valence-corrected chi connectivity index (χ4v) is 3.20. The van der Waals surface area contributed by atoms with Crippen LogP contribution in [0.3, 0.4) is 0 Å². The minimum Gasteiger partial charge on any atom is -0.299 e. The van der Waals surface area contributed by atoms with Crippen molar-refractivity contribution in [2.24, 2.45) is 0 Å². The van der Waals surface area contributed by atoms with Crippen LogP contribution in [0, 0.1) is 0 Å². The van der Waals surface area contributed by atoms with E-state index in [9.17, 15) is 0 Å². The van der Waals surface area contributed by atoms with Gasteiger partial charge >= 0.3 is 0 Å². The third-order valence-corrected chi connectivity index (χ3v) is 3.90. The Balaban J connectivity index is 2.23. The van der Waals surface area contributed by atoms with Gasteiger partial charge in [-0.2, -0.15) is 11.8 Å². The molecule has 2 heterocycles. The molecule has 14 heavy (non-hydrogen) atoms. The van der Waals surface area contributed by atoms with E-state index in [-0.39, 0.29) is 0 Å². The van der Waals surface area contributed by atoms with Crippen molar-refractivity contribution in [3.8, 4) is 0 Å². The summed E-state index contributed by atoms with van der Waals surface area (Å²) >= 11 is 8.06.